The van der Waals surface area contributed by atoms with Gasteiger partial charge in [-0.1, -0.05) is 26.7 Å². The topological polar surface area (TPSA) is 41.4 Å². The summed E-state index contributed by atoms with van der Waals surface area (Å²) < 4.78 is 2.03. The van der Waals surface area contributed by atoms with Crippen LogP contribution in [0.1, 0.15) is 59.0 Å². The van der Waals surface area contributed by atoms with E-state index in [1.165, 1.54) is 0 Å². The first-order valence-corrected chi connectivity index (χ1v) is 8.53. The Morgan fingerprint density at radius 1 is 1.25 bits per heavy atom. The maximum Gasteiger partial charge on any atom is 0.299 e. The molecule has 0 aliphatic carbocycles. The van der Waals surface area contributed by atoms with Crippen molar-refractivity contribution in [3.63, 3.8) is 0 Å². The van der Waals surface area contributed by atoms with Crippen molar-refractivity contribution in [3.05, 3.63) is 17.5 Å². The van der Waals surface area contributed by atoms with Gasteiger partial charge in [0, 0.05) is 12.0 Å². The average Bonchev–Trinajstić information content (AvgIpc) is 2.90. The van der Waals surface area contributed by atoms with Gasteiger partial charge < -0.3 is 4.90 Å². The van der Waals surface area contributed by atoms with Crippen molar-refractivity contribution < 1.29 is 4.79 Å². The second-order valence-corrected chi connectivity index (χ2v) is 8.31. The van der Waals surface area contributed by atoms with Gasteiger partial charge in [-0.25, -0.2) is 0 Å². The second kappa shape index (κ2) is 6.25. The van der Waals surface area contributed by atoms with E-state index in [1.54, 1.807) is 0 Å². The molecular formula is C19H30N4O. The molecule has 1 aliphatic heterocycles. The lowest BCUT2D eigenvalue weighted by Gasteiger charge is -2.32. The standard InChI is InChI=1S/C19H30N4O/c1-14-15-13-16(18(2,3)4)20-23(15)12-11-22(14)17(24)9-10-19(5,6)21(7)8/h13-14H,11-12H2,1-8H3. The van der Waals surface area contributed by atoms with E-state index in [0.717, 1.165) is 17.9 Å². The highest BCUT2D eigenvalue weighted by Gasteiger charge is 2.30. The van der Waals surface area contributed by atoms with Crippen LogP contribution >= 0.6 is 0 Å². The summed E-state index contributed by atoms with van der Waals surface area (Å²) in [7, 11) is 3.94. The summed E-state index contributed by atoms with van der Waals surface area (Å²) in [5.74, 6) is 5.82. The molecule has 1 atom stereocenters. The summed E-state index contributed by atoms with van der Waals surface area (Å²) in [5, 5.41) is 4.71. The highest BCUT2D eigenvalue weighted by Crippen LogP contribution is 2.29. The maximum atomic E-state index is 12.6. The summed E-state index contributed by atoms with van der Waals surface area (Å²) in [5.41, 5.74) is 1.84. The molecule has 0 bridgehead atoms. The van der Waals surface area contributed by atoms with Crippen LogP contribution < -0.4 is 0 Å². The van der Waals surface area contributed by atoms with Gasteiger partial charge in [-0.3, -0.25) is 14.4 Å². The first-order chi connectivity index (χ1) is 10.9. The molecule has 132 valence electrons. The predicted molar refractivity (Wildman–Crippen MR) is 96.6 cm³/mol. The van der Waals surface area contributed by atoms with Crippen LogP contribution in [0, 0.1) is 11.8 Å². The van der Waals surface area contributed by atoms with Gasteiger partial charge >= 0.3 is 0 Å². The molecule has 1 amide bonds. The van der Waals surface area contributed by atoms with Crippen molar-refractivity contribution in [1.82, 2.24) is 19.6 Å². The number of carbonyl (C=O) groups is 1. The molecule has 1 unspecified atom stereocenters. The third kappa shape index (κ3) is 3.64. The molecule has 5 heteroatoms. The van der Waals surface area contributed by atoms with E-state index in [2.05, 4.69) is 45.6 Å². The van der Waals surface area contributed by atoms with Gasteiger partial charge in [0.1, 0.15) is 0 Å². The highest BCUT2D eigenvalue weighted by molar-refractivity contribution is 5.94. The Morgan fingerprint density at radius 3 is 2.42 bits per heavy atom. The van der Waals surface area contributed by atoms with Crippen LogP contribution in [0.15, 0.2) is 6.07 Å². The molecule has 1 aromatic heterocycles. The first-order valence-electron chi connectivity index (χ1n) is 8.53. The van der Waals surface area contributed by atoms with Crippen LogP contribution in [0.2, 0.25) is 0 Å². The van der Waals surface area contributed by atoms with Gasteiger partial charge in [0.05, 0.1) is 29.5 Å². The van der Waals surface area contributed by atoms with Crippen LogP contribution in [0.4, 0.5) is 0 Å². The first kappa shape index (κ1) is 18.5. The van der Waals surface area contributed by atoms with Gasteiger partial charge in [0.15, 0.2) is 0 Å². The summed E-state index contributed by atoms with van der Waals surface area (Å²) in [6.07, 6.45) is 0. The third-order valence-corrected chi connectivity index (χ3v) is 4.88. The smallest absolute Gasteiger partial charge is 0.299 e. The van der Waals surface area contributed by atoms with Crippen LogP contribution in [-0.2, 0) is 16.8 Å². The molecule has 2 heterocycles. The van der Waals surface area contributed by atoms with E-state index in [4.69, 9.17) is 5.10 Å². The minimum atomic E-state index is -0.324. The molecule has 1 aromatic rings. The number of aromatic nitrogens is 2. The molecule has 2 rings (SSSR count). The lowest BCUT2D eigenvalue weighted by Crippen LogP contribution is -2.41. The zero-order valence-corrected chi connectivity index (χ0v) is 16.3. The van der Waals surface area contributed by atoms with Crippen molar-refractivity contribution in [1.29, 1.82) is 0 Å². The van der Waals surface area contributed by atoms with Crippen LogP contribution in [-0.4, -0.2) is 51.7 Å². The Labute approximate surface area is 146 Å². The molecule has 0 radical (unpaired) electrons. The number of hydrogen-bond donors (Lipinski definition) is 0. The number of amides is 1. The quantitative estimate of drug-likeness (QED) is 0.743. The minimum Gasteiger partial charge on any atom is -0.322 e. The average molecular weight is 330 g/mol. The van der Waals surface area contributed by atoms with E-state index in [0.29, 0.717) is 6.54 Å². The molecule has 0 saturated carbocycles. The molecule has 0 aromatic carbocycles. The number of rotatable bonds is 1. The normalized spacial score (nSPS) is 18.2. The SMILES string of the molecule is CC1c2cc(C(C)(C)C)nn2CCN1C(=O)C#CC(C)(C)N(C)C. The molecule has 0 saturated heterocycles. The van der Waals surface area contributed by atoms with Gasteiger partial charge in [-0.05, 0) is 46.9 Å². The molecular weight excluding hydrogens is 300 g/mol. The van der Waals surface area contributed by atoms with Crippen molar-refractivity contribution in [2.24, 2.45) is 0 Å². The van der Waals surface area contributed by atoms with Gasteiger partial charge in [0.25, 0.3) is 5.91 Å². The number of fused-ring (bicyclic) bond motifs is 1. The van der Waals surface area contributed by atoms with Crippen LogP contribution in [0.3, 0.4) is 0 Å². The number of carbonyl (C=O) groups excluding carboxylic acids is 1. The molecule has 0 N–H and O–H groups in total. The fourth-order valence-electron chi connectivity index (χ4n) is 2.54. The Hall–Kier alpha value is -1.80. The van der Waals surface area contributed by atoms with Crippen molar-refractivity contribution in [2.75, 3.05) is 20.6 Å². The van der Waals surface area contributed by atoms with Crippen LogP contribution in [0.25, 0.3) is 0 Å². The van der Waals surface area contributed by atoms with Crippen molar-refractivity contribution >= 4 is 5.91 Å². The largest absolute Gasteiger partial charge is 0.322 e. The number of nitrogens with zero attached hydrogens (tertiary/aromatic N) is 4. The van der Waals surface area contributed by atoms with E-state index < -0.39 is 0 Å². The van der Waals surface area contributed by atoms with E-state index >= 15 is 0 Å². The molecule has 5 nitrogen and oxygen atoms in total. The summed E-state index contributed by atoms with van der Waals surface area (Å²) in [6, 6.07) is 2.12. The van der Waals surface area contributed by atoms with Gasteiger partial charge in [-0.2, -0.15) is 5.10 Å². The van der Waals surface area contributed by atoms with Crippen molar-refractivity contribution in [3.8, 4) is 11.8 Å². The lowest BCUT2D eigenvalue weighted by molar-refractivity contribution is -0.128. The predicted octanol–water partition coefficient (Wildman–Crippen LogP) is 2.43. The molecule has 1 aliphatic rings. The fraction of sp³-hybridized carbons (Fsp3) is 0.684. The third-order valence-electron chi connectivity index (χ3n) is 4.88. The minimum absolute atomic E-state index is 0.00776. The summed E-state index contributed by atoms with van der Waals surface area (Å²) in [6.45, 7) is 13.9. The Balaban J connectivity index is 2.22. The monoisotopic (exact) mass is 330 g/mol. The fourth-order valence-corrected chi connectivity index (χ4v) is 2.54. The van der Waals surface area contributed by atoms with Gasteiger partial charge in [0.2, 0.25) is 0 Å². The van der Waals surface area contributed by atoms with E-state index in [1.807, 2.05) is 42.4 Å². The summed E-state index contributed by atoms with van der Waals surface area (Å²) in [4.78, 5) is 16.5. The maximum absolute atomic E-state index is 12.6. The van der Waals surface area contributed by atoms with E-state index in [-0.39, 0.29) is 22.9 Å². The molecule has 0 spiro atoms. The number of hydrogen-bond acceptors (Lipinski definition) is 3. The Morgan fingerprint density at radius 2 is 1.88 bits per heavy atom. The zero-order valence-electron chi connectivity index (χ0n) is 16.3. The van der Waals surface area contributed by atoms with E-state index in [9.17, 15) is 4.79 Å². The molecule has 24 heavy (non-hydrogen) atoms. The van der Waals surface area contributed by atoms with Crippen molar-refractivity contribution in [2.45, 2.75) is 65.1 Å². The lowest BCUT2D eigenvalue weighted by atomic mass is 9.92. The highest BCUT2D eigenvalue weighted by atomic mass is 16.2. The second-order valence-electron chi connectivity index (χ2n) is 8.31. The van der Waals surface area contributed by atoms with Crippen LogP contribution in [0.5, 0.6) is 0 Å². The zero-order chi connectivity index (χ0) is 18.3. The Kier molecular flexibility index (Phi) is 4.83. The molecule has 0 fully saturated rings. The van der Waals surface area contributed by atoms with Gasteiger partial charge in [-0.15, -0.1) is 0 Å². The Bertz CT molecular complexity index is 682. The summed E-state index contributed by atoms with van der Waals surface area (Å²) >= 11 is 0.